The molecule has 2 amide bonds. The van der Waals surface area contributed by atoms with Crippen LogP contribution in [0.4, 0.5) is 14.5 Å². The lowest BCUT2D eigenvalue weighted by atomic mass is 9.94. The maximum absolute atomic E-state index is 13.4. The normalized spacial score (nSPS) is 27.7. The van der Waals surface area contributed by atoms with Crippen molar-refractivity contribution in [2.45, 2.75) is 25.9 Å². The quantitative estimate of drug-likeness (QED) is 0.833. The standard InChI is InChI=1S/C17H20F2N2O3/c1-10-4-6-20(9-15(10)22)16(23)12-5-7-21(17(12)24)11-2-3-13(18)14(19)8-11/h2-3,8,10,12,15,22H,4-7,9H2,1H3. The van der Waals surface area contributed by atoms with Gasteiger partial charge in [0, 0.05) is 31.4 Å². The van der Waals surface area contributed by atoms with Crippen LogP contribution in [0, 0.1) is 23.5 Å². The number of aliphatic hydroxyl groups is 1. The average molecular weight is 338 g/mol. The van der Waals surface area contributed by atoms with Gasteiger partial charge in [0.25, 0.3) is 0 Å². The average Bonchev–Trinajstić information content (AvgIpc) is 2.93. The zero-order chi connectivity index (χ0) is 17.4. The van der Waals surface area contributed by atoms with Crippen molar-refractivity contribution in [1.29, 1.82) is 0 Å². The van der Waals surface area contributed by atoms with Crippen LogP contribution in [0.25, 0.3) is 0 Å². The van der Waals surface area contributed by atoms with Gasteiger partial charge in [-0.1, -0.05) is 6.92 Å². The summed E-state index contributed by atoms with van der Waals surface area (Å²) in [6.45, 7) is 2.96. The van der Waals surface area contributed by atoms with E-state index in [4.69, 9.17) is 0 Å². The summed E-state index contributed by atoms with van der Waals surface area (Å²) in [6.07, 6.45) is 0.445. The third kappa shape index (κ3) is 3.00. The summed E-state index contributed by atoms with van der Waals surface area (Å²) in [5, 5.41) is 9.93. The Bertz CT molecular complexity index is 667. The van der Waals surface area contributed by atoms with E-state index in [-0.39, 0.29) is 30.6 Å². The third-order valence-electron chi connectivity index (χ3n) is 4.95. The lowest BCUT2D eigenvalue weighted by molar-refractivity contribution is -0.143. The molecule has 0 spiro atoms. The van der Waals surface area contributed by atoms with Gasteiger partial charge in [0.2, 0.25) is 11.8 Å². The lowest BCUT2D eigenvalue weighted by Crippen LogP contribution is -2.49. The number of aliphatic hydroxyl groups excluding tert-OH is 1. The number of carbonyl (C=O) groups excluding carboxylic acids is 2. The van der Waals surface area contributed by atoms with Gasteiger partial charge < -0.3 is 14.9 Å². The van der Waals surface area contributed by atoms with Crippen molar-refractivity contribution in [3.8, 4) is 0 Å². The molecule has 2 aliphatic rings. The summed E-state index contributed by atoms with van der Waals surface area (Å²) in [5.41, 5.74) is 0.251. The van der Waals surface area contributed by atoms with E-state index in [9.17, 15) is 23.5 Å². The molecule has 0 bridgehead atoms. The number of amides is 2. The maximum Gasteiger partial charge on any atom is 0.239 e. The zero-order valence-corrected chi connectivity index (χ0v) is 13.4. The molecule has 130 valence electrons. The molecule has 2 heterocycles. The van der Waals surface area contributed by atoms with Crippen LogP contribution < -0.4 is 4.90 Å². The molecule has 24 heavy (non-hydrogen) atoms. The van der Waals surface area contributed by atoms with E-state index in [0.29, 0.717) is 19.4 Å². The van der Waals surface area contributed by atoms with Crippen molar-refractivity contribution in [1.82, 2.24) is 4.90 Å². The monoisotopic (exact) mass is 338 g/mol. The predicted molar refractivity (Wildman–Crippen MR) is 83.2 cm³/mol. The van der Waals surface area contributed by atoms with Crippen LogP contribution in [0.5, 0.6) is 0 Å². The van der Waals surface area contributed by atoms with Gasteiger partial charge in [-0.05, 0) is 30.9 Å². The van der Waals surface area contributed by atoms with E-state index in [1.165, 1.54) is 15.9 Å². The lowest BCUT2D eigenvalue weighted by Gasteiger charge is -2.35. The second-order valence-electron chi connectivity index (χ2n) is 6.55. The van der Waals surface area contributed by atoms with Crippen LogP contribution in [-0.2, 0) is 9.59 Å². The number of hydrogen-bond acceptors (Lipinski definition) is 3. The van der Waals surface area contributed by atoms with Crippen molar-refractivity contribution in [2.24, 2.45) is 11.8 Å². The molecular formula is C17H20F2N2O3. The summed E-state index contributed by atoms with van der Waals surface area (Å²) in [6, 6.07) is 3.26. The molecule has 0 saturated carbocycles. The zero-order valence-electron chi connectivity index (χ0n) is 13.4. The van der Waals surface area contributed by atoms with Crippen LogP contribution in [0.2, 0.25) is 0 Å². The second kappa shape index (κ2) is 6.47. The number of β-amino-alcohol motifs (C(OH)–C–C–N with tert-alkyl or cyclic N) is 1. The van der Waals surface area contributed by atoms with Crippen LogP contribution in [-0.4, -0.2) is 47.6 Å². The van der Waals surface area contributed by atoms with Gasteiger partial charge in [0.1, 0.15) is 5.92 Å². The van der Waals surface area contributed by atoms with Gasteiger partial charge in [0.15, 0.2) is 11.6 Å². The topological polar surface area (TPSA) is 60.9 Å². The van der Waals surface area contributed by atoms with E-state index in [1.807, 2.05) is 6.92 Å². The number of rotatable bonds is 2. The molecule has 2 aliphatic heterocycles. The molecule has 2 saturated heterocycles. The number of carbonyl (C=O) groups is 2. The maximum atomic E-state index is 13.4. The molecule has 3 unspecified atom stereocenters. The molecular weight excluding hydrogens is 318 g/mol. The Morgan fingerprint density at radius 2 is 1.96 bits per heavy atom. The highest BCUT2D eigenvalue weighted by Gasteiger charge is 2.41. The molecule has 0 radical (unpaired) electrons. The van der Waals surface area contributed by atoms with Crippen molar-refractivity contribution < 1.29 is 23.5 Å². The minimum Gasteiger partial charge on any atom is -0.391 e. The van der Waals surface area contributed by atoms with Crippen molar-refractivity contribution in [3.05, 3.63) is 29.8 Å². The Morgan fingerprint density at radius 3 is 2.62 bits per heavy atom. The number of hydrogen-bond donors (Lipinski definition) is 1. The largest absolute Gasteiger partial charge is 0.391 e. The van der Waals surface area contributed by atoms with Gasteiger partial charge >= 0.3 is 0 Å². The SMILES string of the molecule is CC1CCN(C(=O)C2CCN(c3ccc(F)c(F)c3)C2=O)CC1O. The van der Waals surface area contributed by atoms with E-state index < -0.39 is 29.6 Å². The highest BCUT2D eigenvalue weighted by atomic mass is 19.2. The second-order valence-corrected chi connectivity index (χ2v) is 6.55. The highest BCUT2D eigenvalue weighted by Crippen LogP contribution is 2.29. The Labute approximate surface area is 138 Å². The van der Waals surface area contributed by atoms with Gasteiger partial charge in [0.05, 0.1) is 6.10 Å². The van der Waals surface area contributed by atoms with Gasteiger partial charge in [-0.2, -0.15) is 0 Å². The first-order valence-corrected chi connectivity index (χ1v) is 8.11. The van der Waals surface area contributed by atoms with E-state index in [0.717, 1.165) is 12.1 Å². The van der Waals surface area contributed by atoms with Crippen LogP contribution in [0.1, 0.15) is 19.8 Å². The van der Waals surface area contributed by atoms with E-state index in [2.05, 4.69) is 0 Å². The summed E-state index contributed by atoms with van der Waals surface area (Å²) in [7, 11) is 0. The molecule has 2 fully saturated rings. The Morgan fingerprint density at radius 1 is 1.21 bits per heavy atom. The highest BCUT2D eigenvalue weighted by molar-refractivity contribution is 6.09. The van der Waals surface area contributed by atoms with E-state index in [1.54, 1.807) is 0 Å². The number of anilines is 1. The molecule has 1 aromatic rings. The van der Waals surface area contributed by atoms with Gasteiger partial charge in [-0.3, -0.25) is 9.59 Å². The first-order valence-electron chi connectivity index (χ1n) is 8.11. The van der Waals surface area contributed by atoms with Gasteiger partial charge in [-0.25, -0.2) is 8.78 Å². The number of piperidine rings is 1. The molecule has 5 nitrogen and oxygen atoms in total. The van der Waals surface area contributed by atoms with Crippen LogP contribution in [0.15, 0.2) is 18.2 Å². The molecule has 0 aromatic heterocycles. The van der Waals surface area contributed by atoms with Crippen LogP contribution >= 0.6 is 0 Å². The smallest absolute Gasteiger partial charge is 0.239 e. The molecule has 7 heteroatoms. The third-order valence-corrected chi connectivity index (χ3v) is 4.95. The molecule has 1 N–H and O–H groups in total. The Kier molecular flexibility index (Phi) is 4.54. The summed E-state index contributed by atoms with van der Waals surface area (Å²) in [5.74, 6) is -3.39. The first-order chi connectivity index (χ1) is 11.4. The fraction of sp³-hybridized carbons (Fsp3) is 0.529. The molecule has 3 atom stereocenters. The Balaban J connectivity index is 1.71. The Hall–Kier alpha value is -2.02. The van der Waals surface area contributed by atoms with Crippen LogP contribution in [0.3, 0.4) is 0 Å². The predicted octanol–water partition coefficient (Wildman–Crippen LogP) is 1.55. The van der Waals surface area contributed by atoms with Crippen molar-refractivity contribution in [3.63, 3.8) is 0 Å². The first kappa shape index (κ1) is 16.8. The van der Waals surface area contributed by atoms with Gasteiger partial charge in [-0.15, -0.1) is 0 Å². The summed E-state index contributed by atoms with van der Waals surface area (Å²) >= 11 is 0. The number of nitrogens with zero attached hydrogens (tertiary/aromatic N) is 2. The number of benzene rings is 1. The summed E-state index contributed by atoms with van der Waals surface area (Å²) < 4.78 is 26.4. The molecule has 3 rings (SSSR count). The minimum atomic E-state index is -1.02. The minimum absolute atomic E-state index is 0.131. The van der Waals surface area contributed by atoms with Crippen molar-refractivity contribution in [2.75, 3.05) is 24.5 Å². The fourth-order valence-electron chi connectivity index (χ4n) is 3.29. The molecule has 1 aromatic carbocycles. The number of halogens is 2. The molecule has 0 aliphatic carbocycles. The number of likely N-dealkylation sites (tertiary alicyclic amines) is 1. The van der Waals surface area contributed by atoms with E-state index >= 15 is 0 Å². The summed E-state index contributed by atoms with van der Waals surface area (Å²) in [4.78, 5) is 28.0. The van der Waals surface area contributed by atoms with Crippen molar-refractivity contribution >= 4 is 17.5 Å². The fourth-order valence-corrected chi connectivity index (χ4v) is 3.29.